The maximum Gasteiger partial charge on any atom is 0.350 e. The third kappa shape index (κ3) is 5.89. The van der Waals surface area contributed by atoms with E-state index in [1.807, 2.05) is 6.92 Å². The van der Waals surface area contributed by atoms with E-state index in [0.717, 1.165) is 11.4 Å². The van der Waals surface area contributed by atoms with Crippen LogP contribution in [0.3, 0.4) is 0 Å². The first-order chi connectivity index (χ1) is 13.2. The molecule has 1 aliphatic heterocycles. The van der Waals surface area contributed by atoms with Crippen LogP contribution < -0.4 is 10.6 Å². The highest BCUT2D eigenvalue weighted by Crippen LogP contribution is 2.24. The van der Waals surface area contributed by atoms with Gasteiger partial charge in [0.25, 0.3) is 0 Å². The second kappa shape index (κ2) is 9.66. The lowest BCUT2D eigenvalue weighted by Gasteiger charge is -2.18. The Labute approximate surface area is 170 Å². The molecule has 1 aliphatic rings. The van der Waals surface area contributed by atoms with Gasteiger partial charge in [-0.25, -0.2) is 22.5 Å². The minimum Gasteiger partial charge on any atom is -0.462 e. The van der Waals surface area contributed by atoms with Gasteiger partial charge >= 0.3 is 5.97 Å². The summed E-state index contributed by atoms with van der Waals surface area (Å²) in [7, 11) is -1.46. The number of aliphatic imine (C=N–C) groups is 1. The standard InChI is InChI=1S/C17H29N5O4S2/c1-6-26-16(23)14-11(2)20-15(27-14)12(3)21-17(18-4)19-9-13-7-8-22(10-13)28(5,24)25/h12-13H,6-10H2,1-5H3,(H2,18,19,21). The molecule has 0 saturated carbocycles. The molecule has 1 saturated heterocycles. The molecule has 28 heavy (non-hydrogen) atoms. The maximum atomic E-state index is 12.0. The van der Waals surface area contributed by atoms with E-state index in [4.69, 9.17) is 4.74 Å². The molecule has 0 aromatic carbocycles. The summed E-state index contributed by atoms with van der Waals surface area (Å²) in [4.78, 5) is 21.2. The van der Waals surface area contributed by atoms with Gasteiger partial charge in [-0.2, -0.15) is 0 Å². The van der Waals surface area contributed by atoms with Gasteiger partial charge in [0.15, 0.2) is 5.96 Å². The number of nitrogens with one attached hydrogen (secondary N) is 2. The second-order valence-electron chi connectivity index (χ2n) is 6.78. The number of thiazole rings is 1. The van der Waals surface area contributed by atoms with Gasteiger partial charge in [-0.3, -0.25) is 4.99 Å². The average Bonchev–Trinajstić information content (AvgIpc) is 3.25. The molecule has 0 aliphatic carbocycles. The highest BCUT2D eigenvalue weighted by Gasteiger charge is 2.28. The van der Waals surface area contributed by atoms with Crippen LogP contribution in [0.25, 0.3) is 0 Å². The number of guanidine groups is 1. The van der Waals surface area contributed by atoms with Gasteiger partial charge in [-0.1, -0.05) is 0 Å². The van der Waals surface area contributed by atoms with Gasteiger partial charge in [-0.05, 0) is 33.1 Å². The Kier molecular flexibility index (Phi) is 7.79. The Morgan fingerprint density at radius 3 is 2.79 bits per heavy atom. The molecule has 2 heterocycles. The first-order valence-corrected chi connectivity index (χ1v) is 11.9. The van der Waals surface area contributed by atoms with Crippen LogP contribution in [0, 0.1) is 12.8 Å². The number of aromatic nitrogens is 1. The van der Waals surface area contributed by atoms with Crippen LogP contribution in [0.1, 0.15) is 46.7 Å². The molecule has 158 valence electrons. The van der Waals surface area contributed by atoms with Crippen molar-refractivity contribution in [2.75, 3.05) is 39.5 Å². The quantitative estimate of drug-likeness (QED) is 0.378. The monoisotopic (exact) mass is 431 g/mol. The van der Waals surface area contributed by atoms with Crippen LogP contribution in [0.2, 0.25) is 0 Å². The molecule has 1 fully saturated rings. The largest absolute Gasteiger partial charge is 0.462 e. The molecule has 2 rings (SSSR count). The third-order valence-electron chi connectivity index (χ3n) is 4.50. The van der Waals surface area contributed by atoms with Crippen molar-refractivity contribution in [2.45, 2.75) is 33.2 Å². The lowest BCUT2D eigenvalue weighted by Crippen LogP contribution is -2.41. The summed E-state index contributed by atoms with van der Waals surface area (Å²) in [5.41, 5.74) is 0.655. The van der Waals surface area contributed by atoms with Crippen LogP contribution in [0.5, 0.6) is 0 Å². The first kappa shape index (κ1) is 22.6. The molecule has 11 heteroatoms. The van der Waals surface area contributed by atoms with Gasteiger partial charge in [-0.15, -0.1) is 11.3 Å². The van der Waals surface area contributed by atoms with Gasteiger partial charge in [0.05, 0.1) is 24.6 Å². The zero-order chi connectivity index (χ0) is 20.9. The number of rotatable bonds is 7. The van der Waals surface area contributed by atoms with Crippen molar-refractivity contribution in [1.29, 1.82) is 0 Å². The summed E-state index contributed by atoms with van der Waals surface area (Å²) in [6, 6.07) is -0.144. The van der Waals surface area contributed by atoms with E-state index in [1.165, 1.54) is 21.9 Å². The molecule has 2 N–H and O–H groups in total. The van der Waals surface area contributed by atoms with Crippen molar-refractivity contribution in [3.05, 3.63) is 15.6 Å². The van der Waals surface area contributed by atoms with Gasteiger partial charge < -0.3 is 15.4 Å². The molecular weight excluding hydrogens is 402 g/mol. The fourth-order valence-electron chi connectivity index (χ4n) is 2.96. The van der Waals surface area contributed by atoms with Crippen molar-refractivity contribution in [1.82, 2.24) is 19.9 Å². The predicted molar refractivity (Wildman–Crippen MR) is 110 cm³/mol. The summed E-state index contributed by atoms with van der Waals surface area (Å²) in [6.45, 7) is 7.54. The Hall–Kier alpha value is -1.72. The van der Waals surface area contributed by atoms with Crippen LogP contribution >= 0.6 is 11.3 Å². The summed E-state index contributed by atoms with van der Waals surface area (Å²) in [5.74, 6) is 0.493. The van der Waals surface area contributed by atoms with Crippen LogP contribution in [-0.2, 0) is 14.8 Å². The number of carbonyl (C=O) groups is 1. The molecule has 0 radical (unpaired) electrons. The number of nitrogens with zero attached hydrogens (tertiary/aromatic N) is 3. The van der Waals surface area contributed by atoms with Crippen LogP contribution in [0.4, 0.5) is 0 Å². The number of hydrogen-bond donors (Lipinski definition) is 2. The number of ether oxygens (including phenoxy) is 1. The van der Waals surface area contributed by atoms with Crippen molar-refractivity contribution in [2.24, 2.45) is 10.9 Å². The topological polar surface area (TPSA) is 113 Å². The molecule has 2 unspecified atom stereocenters. The summed E-state index contributed by atoms with van der Waals surface area (Å²) < 4.78 is 29.8. The van der Waals surface area contributed by atoms with Crippen molar-refractivity contribution >= 4 is 33.3 Å². The molecule has 0 bridgehead atoms. The fraction of sp³-hybridized carbons (Fsp3) is 0.706. The number of esters is 1. The Morgan fingerprint density at radius 2 is 2.21 bits per heavy atom. The Balaban J connectivity index is 1.91. The predicted octanol–water partition coefficient (Wildman–Crippen LogP) is 1.14. The molecule has 0 amide bonds. The van der Waals surface area contributed by atoms with Gasteiger partial charge in [0.2, 0.25) is 10.0 Å². The second-order valence-corrected chi connectivity index (χ2v) is 9.80. The Morgan fingerprint density at radius 1 is 1.50 bits per heavy atom. The van der Waals surface area contributed by atoms with Gasteiger partial charge in [0, 0.05) is 26.7 Å². The van der Waals surface area contributed by atoms with E-state index < -0.39 is 10.0 Å². The Bertz CT molecular complexity index is 822. The third-order valence-corrected chi connectivity index (χ3v) is 7.09. The van der Waals surface area contributed by atoms with Crippen molar-refractivity contribution in [3.63, 3.8) is 0 Å². The molecule has 1 aromatic rings. The lowest BCUT2D eigenvalue weighted by atomic mass is 10.1. The van der Waals surface area contributed by atoms with Crippen LogP contribution in [-0.4, -0.2) is 69.2 Å². The van der Waals surface area contributed by atoms with E-state index >= 15 is 0 Å². The van der Waals surface area contributed by atoms with Gasteiger partial charge in [0.1, 0.15) is 9.88 Å². The number of aryl methyl sites for hydroxylation is 1. The number of sulfonamides is 1. The first-order valence-electron chi connectivity index (χ1n) is 9.22. The minimum atomic E-state index is -3.13. The number of carbonyl (C=O) groups excluding carboxylic acids is 1. The van der Waals surface area contributed by atoms with E-state index in [2.05, 4.69) is 20.6 Å². The zero-order valence-corrected chi connectivity index (χ0v) is 18.6. The smallest absolute Gasteiger partial charge is 0.350 e. The van der Waals surface area contributed by atoms with Crippen LogP contribution in [0.15, 0.2) is 4.99 Å². The van der Waals surface area contributed by atoms with E-state index in [-0.39, 0.29) is 17.9 Å². The zero-order valence-electron chi connectivity index (χ0n) is 17.0. The van der Waals surface area contributed by atoms with Crippen molar-refractivity contribution in [3.8, 4) is 0 Å². The highest BCUT2D eigenvalue weighted by molar-refractivity contribution is 7.88. The van der Waals surface area contributed by atoms with E-state index in [9.17, 15) is 13.2 Å². The summed E-state index contributed by atoms with van der Waals surface area (Å²) in [5, 5.41) is 7.28. The van der Waals surface area contributed by atoms with Crippen molar-refractivity contribution < 1.29 is 17.9 Å². The maximum absolute atomic E-state index is 12.0. The normalized spacial score (nSPS) is 19.5. The molecule has 0 spiro atoms. The average molecular weight is 432 g/mol. The molecular formula is C17H29N5O4S2. The highest BCUT2D eigenvalue weighted by atomic mass is 32.2. The molecule has 9 nitrogen and oxygen atoms in total. The summed E-state index contributed by atoms with van der Waals surface area (Å²) in [6.07, 6.45) is 2.06. The fourth-order valence-corrected chi connectivity index (χ4v) is 4.84. The minimum absolute atomic E-state index is 0.144. The lowest BCUT2D eigenvalue weighted by molar-refractivity contribution is 0.0531. The summed E-state index contributed by atoms with van der Waals surface area (Å²) >= 11 is 1.31. The SMILES string of the molecule is CCOC(=O)c1sc(C(C)NC(=NC)NCC2CCN(S(C)(=O)=O)C2)nc1C. The molecule has 2 atom stereocenters. The number of hydrogen-bond acceptors (Lipinski definition) is 7. The van der Waals surface area contributed by atoms with E-state index in [0.29, 0.717) is 42.8 Å². The van der Waals surface area contributed by atoms with E-state index in [1.54, 1.807) is 20.9 Å². The molecule has 1 aromatic heterocycles.